The Kier molecular flexibility index (Phi) is 5.22. The van der Waals surface area contributed by atoms with Gasteiger partial charge in [0, 0.05) is 22.0 Å². The predicted octanol–water partition coefficient (Wildman–Crippen LogP) is 6.79. The van der Waals surface area contributed by atoms with Gasteiger partial charge in [-0.15, -0.1) is 0 Å². The first-order chi connectivity index (χ1) is 15.0. The van der Waals surface area contributed by atoms with Crippen molar-refractivity contribution in [3.05, 3.63) is 93.5 Å². The number of fused-ring (bicyclic) bond motifs is 3. The molecule has 31 heavy (non-hydrogen) atoms. The minimum absolute atomic E-state index is 0.133. The van der Waals surface area contributed by atoms with Crippen LogP contribution in [-0.4, -0.2) is 16.8 Å². The molecule has 0 radical (unpaired) electrons. The van der Waals surface area contributed by atoms with E-state index in [0.717, 1.165) is 44.8 Å². The molecule has 3 aromatic rings. The Morgan fingerprint density at radius 1 is 1.03 bits per heavy atom. The van der Waals surface area contributed by atoms with E-state index < -0.39 is 0 Å². The third kappa shape index (κ3) is 3.94. The smallest absolute Gasteiger partial charge is 0.213 e. The summed E-state index contributed by atoms with van der Waals surface area (Å²) in [6.07, 6.45) is 0.742. The van der Waals surface area contributed by atoms with Gasteiger partial charge in [-0.2, -0.15) is 5.10 Å². The molecule has 0 saturated heterocycles. The summed E-state index contributed by atoms with van der Waals surface area (Å²) in [5.41, 5.74) is 5.68. The van der Waals surface area contributed by atoms with Gasteiger partial charge in [-0.05, 0) is 68.8 Å². The fraction of sp³-hybridized carbons (Fsp3) is 0.269. The number of benzene rings is 3. The van der Waals surface area contributed by atoms with E-state index in [1.54, 1.807) is 0 Å². The third-order valence-corrected chi connectivity index (χ3v) is 6.17. The predicted molar refractivity (Wildman–Crippen MR) is 127 cm³/mol. The van der Waals surface area contributed by atoms with E-state index in [4.69, 9.17) is 14.6 Å². The van der Waals surface area contributed by atoms with Crippen molar-refractivity contribution in [1.82, 2.24) is 5.01 Å². The Bertz CT molecular complexity index is 1120. The van der Waals surface area contributed by atoms with Crippen molar-refractivity contribution >= 4 is 21.6 Å². The molecule has 0 amide bonds. The molecular formula is C26H25BrN2O2. The summed E-state index contributed by atoms with van der Waals surface area (Å²) in [4.78, 5) is 0. The lowest BCUT2D eigenvalue weighted by Crippen LogP contribution is -2.33. The van der Waals surface area contributed by atoms with E-state index >= 15 is 0 Å². The van der Waals surface area contributed by atoms with Crippen LogP contribution in [0.3, 0.4) is 0 Å². The summed E-state index contributed by atoms with van der Waals surface area (Å²) < 4.78 is 13.3. The number of rotatable bonds is 4. The van der Waals surface area contributed by atoms with Crippen LogP contribution >= 0.6 is 15.9 Å². The van der Waals surface area contributed by atoms with Crippen LogP contribution in [0.2, 0.25) is 0 Å². The number of halogens is 1. The highest BCUT2D eigenvalue weighted by molar-refractivity contribution is 9.10. The lowest BCUT2D eigenvalue weighted by atomic mass is 9.96. The Hall–Kier alpha value is -2.79. The minimum Gasteiger partial charge on any atom is -0.491 e. The van der Waals surface area contributed by atoms with Crippen molar-refractivity contribution in [2.24, 2.45) is 5.10 Å². The molecule has 2 atom stereocenters. The van der Waals surface area contributed by atoms with Crippen molar-refractivity contribution in [1.29, 1.82) is 0 Å². The van der Waals surface area contributed by atoms with Gasteiger partial charge in [0.05, 0.1) is 17.9 Å². The molecule has 0 N–H and O–H groups in total. The molecule has 0 unspecified atom stereocenters. The number of hydrazone groups is 1. The standard InChI is InChI=1S/C26H25BrN2O2/c1-16(2)30-21-11-8-18(9-12-21)23-15-24-22-14-20(27)10-13-25(22)31-26(29(24)28-23)19-6-4-17(3)5-7-19/h4-14,16,24,26H,15H2,1-3H3/t24-,26+/m1/s1. The van der Waals surface area contributed by atoms with Crippen LogP contribution in [-0.2, 0) is 0 Å². The van der Waals surface area contributed by atoms with Gasteiger partial charge in [-0.3, -0.25) is 0 Å². The maximum Gasteiger partial charge on any atom is 0.213 e. The largest absolute Gasteiger partial charge is 0.491 e. The highest BCUT2D eigenvalue weighted by Crippen LogP contribution is 2.48. The molecule has 0 aliphatic carbocycles. The van der Waals surface area contributed by atoms with Crippen molar-refractivity contribution in [3.8, 4) is 11.5 Å². The fourth-order valence-electron chi connectivity index (χ4n) is 4.18. The first-order valence-corrected chi connectivity index (χ1v) is 11.4. The summed E-state index contributed by atoms with van der Waals surface area (Å²) in [7, 11) is 0. The first kappa shape index (κ1) is 20.1. The van der Waals surface area contributed by atoms with Crippen LogP contribution in [0, 0.1) is 6.92 Å². The zero-order chi connectivity index (χ0) is 21.5. The quantitative estimate of drug-likeness (QED) is 0.415. The zero-order valence-electron chi connectivity index (χ0n) is 17.9. The number of hydrogen-bond acceptors (Lipinski definition) is 4. The normalized spacial score (nSPS) is 19.5. The van der Waals surface area contributed by atoms with Crippen LogP contribution in [0.5, 0.6) is 11.5 Å². The number of hydrogen-bond donors (Lipinski definition) is 0. The van der Waals surface area contributed by atoms with Gasteiger partial charge in [-0.1, -0.05) is 45.8 Å². The van der Waals surface area contributed by atoms with Gasteiger partial charge >= 0.3 is 0 Å². The molecule has 4 nitrogen and oxygen atoms in total. The minimum atomic E-state index is -0.250. The average Bonchev–Trinajstić information content (AvgIpc) is 3.20. The van der Waals surface area contributed by atoms with Crippen molar-refractivity contribution in [2.45, 2.75) is 45.6 Å². The van der Waals surface area contributed by atoms with Crippen LogP contribution in [0.25, 0.3) is 0 Å². The summed E-state index contributed by atoms with van der Waals surface area (Å²) in [6, 6.07) is 23.1. The molecule has 2 heterocycles. The number of nitrogens with zero attached hydrogens (tertiary/aromatic N) is 2. The topological polar surface area (TPSA) is 34.1 Å². The molecule has 5 rings (SSSR count). The van der Waals surface area contributed by atoms with Crippen LogP contribution in [0.15, 0.2) is 76.3 Å². The van der Waals surface area contributed by atoms with E-state index in [0.29, 0.717) is 0 Å². The first-order valence-electron chi connectivity index (χ1n) is 10.6. The maximum atomic E-state index is 6.45. The number of ether oxygens (including phenoxy) is 2. The second-order valence-electron chi connectivity index (χ2n) is 8.40. The summed E-state index contributed by atoms with van der Waals surface area (Å²) in [6.45, 7) is 6.17. The van der Waals surface area contributed by atoms with Crippen molar-refractivity contribution in [2.75, 3.05) is 0 Å². The summed E-state index contributed by atoms with van der Waals surface area (Å²) in [5.74, 6) is 1.80. The third-order valence-electron chi connectivity index (χ3n) is 5.67. The molecule has 0 saturated carbocycles. The average molecular weight is 477 g/mol. The van der Waals surface area contributed by atoms with Crippen LogP contribution < -0.4 is 9.47 Å². The second-order valence-corrected chi connectivity index (χ2v) is 9.32. The molecule has 0 aromatic heterocycles. The summed E-state index contributed by atoms with van der Waals surface area (Å²) >= 11 is 3.62. The maximum absolute atomic E-state index is 6.45. The Morgan fingerprint density at radius 3 is 2.48 bits per heavy atom. The lowest BCUT2D eigenvalue weighted by molar-refractivity contribution is -0.0190. The Balaban J connectivity index is 1.52. The molecule has 2 aliphatic heterocycles. The highest BCUT2D eigenvalue weighted by Gasteiger charge is 2.41. The van der Waals surface area contributed by atoms with E-state index in [9.17, 15) is 0 Å². The van der Waals surface area contributed by atoms with Crippen molar-refractivity contribution in [3.63, 3.8) is 0 Å². The molecule has 3 aromatic carbocycles. The van der Waals surface area contributed by atoms with Crippen molar-refractivity contribution < 1.29 is 9.47 Å². The Morgan fingerprint density at radius 2 is 1.77 bits per heavy atom. The molecular weight excluding hydrogens is 452 g/mol. The zero-order valence-corrected chi connectivity index (χ0v) is 19.5. The summed E-state index contributed by atoms with van der Waals surface area (Å²) in [5, 5.41) is 7.17. The van der Waals surface area contributed by atoms with Gasteiger partial charge in [0.2, 0.25) is 6.23 Å². The van der Waals surface area contributed by atoms with Gasteiger partial charge < -0.3 is 9.47 Å². The molecule has 0 spiro atoms. The molecule has 158 valence electrons. The van der Waals surface area contributed by atoms with Gasteiger partial charge in [0.1, 0.15) is 11.5 Å². The number of aryl methyl sites for hydroxylation is 1. The highest BCUT2D eigenvalue weighted by atomic mass is 79.9. The molecule has 0 fully saturated rings. The molecule has 2 aliphatic rings. The van der Waals surface area contributed by atoms with E-state index in [-0.39, 0.29) is 18.4 Å². The van der Waals surface area contributed by atoms with E-state index in [2.05, 4.69) is 70.3 Å². The Labute approximate surface area is 191 Å². The second kappa shape index (κ2) is 8.04. The van der Waals surface area contributed by atoms with Gasteiger partial charge in [-0.25, -0.2) is 5.01 Å². The molecule has 0 bridgehead atoms. The lowest BCUT2D eigenvalue weighted by Gasteiger charge is -2.38. The van der Waals surface area contributed by atoms with E-state index in [1.807, 2.05) is 38.1 Å². The SMILES string of the molecule is Cc1ccc([C@@H]2Oc3ccc(Br)cc3[C@H]3CC(c4ccc(OC(C)C)cc4)=NN32)cc1. The monoisotopic (exact) mass is 476 g/mol. The fourth-order valence-corrected chi connectivity index (χ4v) is 4.56. The molecule has 5 heteroatoms. The van der Waals surface area contributed by atoms with Gasteiger partial charge in [0.15, 0.2) is 0 Å². The van der Waals surface area contributed by atoms with E-state index in [1.165, 1.54) is 5.56 Å². The van der Waals surface area contributed by atoms with Crippen LogP contribution in [0.1, 0.15) is 54.8 Å². The van der Waals surface area contributed by atoms with Gasteiger partial charge in [0.25, 0.3) is 0 Å². The van der Waals surface area contributed by atoms with Crippen LogP contribution in [0.4, 0.5) is 0 Å².